The predicted molar refractivity (Wildman–Crippen MR) is 384 cm³/mol. The van der Waals surface area contributed by atoms with Gasteiger partial charge >= 0.3 is 0 Å². The lowest BCUT2D eigenvalue weighted by molar-refractivity contribution is 1.26. The molecule has 3 aromatic heterocycles. The molecule has 0 spiro atoms. The van der Waals surface area contributed by atoms with Crippen LogP contribution in [0.1, 0.15) is 0 Å². The molecule has 0 atom stereocenters. The molecule has 420 valence electrons. The Labute approximate surface area is 523 Å². The van der Waals surface area contributed by atoms with E-state index in [9.17, 15) is 0 Å². The first-order valence-corrected chi connectivity index (χ1v) is 35.3. The minimum absolute atomic E-state index is 1.14. The first-order valence-electron chi connectivity index (χ1n) is 31.3. The lowest BCUT2D eigenvalue weighted by Crippen LogP contribution is -2.77. The Morgan fingerprint density at radius 3 is 0.811 bits per heavy atom. The third-order valence-electron chi connectivity index (χ3n) is 20.0. The molecule has 0 bridgehead atoms. The van der Waals surface area contributed by atoms with Gasteiger partial charge in [0.15, 0.2) is 16.1 Å². The van der Waals surface area contributed by atoms with Gasteiger partial charge in [0.25, 0.3) is 0 Å². The van der Waals surface area contributed by atoms with Crippen molar-refractivity contribution in [2.24, 2.45) is 0 Å². The van der Waals surface area contributed by atoms with Crippen molar-refractivity contribution < 1.29 is 0 Å². The number of benzene rings is 14. The molecule has 90 heavy (non-hydrogen) atoms. The Balaban J connectivity index is 0.749. The van der Waals surface area contributed by atoms with Crippen LogP contribution < -0.4 is 51.3 Å². The van der Waals surface area contributed by atoms with Crippen LogP contribution in [0.3, 0.4) is 0 Å². The molecule has 17 aromatic rings. The molecule has 2 aliphatic heterocycles. The number of anilines is 6. The van der Waals surface area contributed by atoms with E-state index in [-0.39, 0.29) is 0 Å². The average Bonchev–Trinajstić information content (AvgIpc) is 1.15. The Morgan fingerprint density at radius 1 is 0.211 bits per heavy atom. The minimum atomic E-state index is -2.74. The fourth-order valence-corrected chi connectivity index (χ4v) is 26.7. The molecule has 6 heteroatoms. The fraction of sp³-hybridized carbons (Fsp3) is 0. The summed E-state index contributed by atoms with van der Waals surface area (Å²) < 4.78 is 5.12. The van der Waals surface area contributed by atoms with Crippen molar-refractivity contribution in [1.29, 1.82) is 0 Å². The molecule has 5 heterocycles. The Hall–Kier alpha value is -11.3. The summed E-state index contributed by atoms with van der Waals surface area (Å²) in [5, 5.41) is 16.1. The molecule has 0 amide bonds. The van der Waals surface area contributed by atoms with Crippen LogP contribution in [0.2, 0.25) is 0 Å². The maximum Gasteiger partial charge on any atom is 0.184 e. The van der Waals surface area contributed by atoms with E-state index < -0.39 is 16.1 Å². The lowest BCUT2D eigenvalue weighted by Gasteiger charge is -2.45. The van der Waals surface area contributed by atoms with Gasteiger partial charge in [-0.1, -0.05) is 267 Å². The Kier molecular flexibility index (Phi) is 11.1. The highest BCUT2D eigenvalue weighted by atomic mass is 28.3. The number of nitrogens with zero attached hydrogens (tertiary/aromatic N) is 4. The molecule has 14 aromatic carbocycles. The zero-order valence-electron chi connectivity index (χ0n) is 49.1. The highest BCUT2D eigenvalue weighted by Crippen LogP contribution is 2.48. The first kappa shape index (κ1) is 50.8. The molecular formula is C84H56N4Si2. The van der Waals surface area contributed by atoms with Gasteiger partial charge in [0.1, 0.15) is 0 Å². The van der Waals surface area contributed by atoms with E-state index in [1.165, 1.54) is 141 Å². The van der Waals surface area contributed by atoms with Gasteiger partial charge in [-0.25, -0.2) is 0 Å². The quantitative estimate of drug-likeness (QED) is 0.111. The molecule has 0 N–H and O–H groups in total. The zero-order chi connectivity index (χ0) is 59.1. The number of hydrogen-bond acceptors (Lipinski definition) is 2. The third kappa shape index (κ3) is 6.89. The van der Waals surface area contributed by atoms with Crippen LogP contribution in [-0.2, 0) is 0 Å². The van der Waals surface area contributed by atoms with Crippen LogP contribution in [0, 0.1) is 0 Å². The standard InChI is InChI=1S/C84H56N4Si2/c1-5-25-61(26-6-1)89(62-27-7-2-8-28-62)77-41-21-17-37-71(77)85(72-38-18-22-42-78(72)89)59-49-45-57(46-50-59)65-53-55-75-83-81(65)67-33-13-15-35-69(67)87(83)76-56-54-66(82-68-34-14-16-36-70(68)88(75)84(76)82)58-47-51-60(52-48-58)86-73-39-19-23-43-79(73)90(63-29-9-3-10-30-63,64-31-11-4-12-32-64)80-44-24-20-40-74(80)86/h1-56H. The highest BCUT2D eigenvalue weighted by Gasteiger charge is 2.50. The normalized spacial score (nSPS) is 13.9. The summed E-state index contributed by atoms with van der Waals surface area (Å²) in [5.41, 5.74) is 19.2. The van der Waals surface area contributed by atoms with Crippen molar-refractivity contribution in [2.45, 2.75) is 0 Å². The zero-order valence-corrected chi connectivity index (χ0v) is 51.1. The highest BCUT2D eigenvalue weighted by molar-refractivity contribution is 7.22. The van der Waals surface area contributed by atoms with Crippen LogP contribution >= 0.6 is 0 Å². The van der Waals surface area contributed by atoms with Gasteiger partial charge in [-0.3, -0.25) is 0 Å². The van der Waals surface area contributed by atoms with E-state index in [1.54, 1.807) is 0 Å². The van der Waals surface area contributed by atoms with Crippen LogP contribution in [0.5, 0.6) is 0 Å². The van der Waals surface area contributed by atoms with Crippen molar-refractivity contribution in [3.05, 3.63) is 340 Å². The maximum atomic E-state index is 2.56. The van der Waals surface area contributed by atoms with E-state index in [4.69, 9.17) is 0 Å². The fourth-order valence-electron chi connectivity index (χ4n) is 16.5. The Bertz CT molecular complexity index is 5130. The van der Waals surface area contributed by atoms with Crippen molar-refractivity contribution in [2.75, 3.05) is 9.80 Å². The number of fused-ring (bicyclic) bond motifs is 12. The largest absolute Gasteiger partial charge is 0.311 e. The van der Waals surface area contributed by atoms with Crippen molar-refractivity contribution in [3.63, 3.8) is 0 Å². The summed E-state index contributed by atoms with van der Waals surface area (Å²) in [7, 11) is -5.49. The second-order valence-corrected chi connectivity index (χ2v) is 31.7. The maximum absolute atomic E-state index is 2.74. The van der Waals surface area contributed by atoms with Gasteiger partial charge in [-0.05, 0) is 137 Å². The van der Waals surface area contributed by atoms with Crippen molar-refractivity contribution in [1.82, 2.24) is 8.80 Å². The molecule has 4 nitrogen and oxygen atoms in total. The number of hydrogen-bond donors (Lipinski definition) is 0. The molecule has 0 radical (unpaired) electrons. The van der Waals surface area contributed by atoms with Gasteiger partial charge in [-0.15, -0.1) is 0 Å². The molecule has 2 aliphatic rings. The van der Waals surface area contributed by atoms with E-state index in [0.29, 0.717) is 0 Å². The van der Waals surface area contributed by atoms with Crippen LogP contribution in [0.25, 0.3) is 76.9 Å². The van der Waals surface area contributed by atoms with Gasteiger partial charge in [0.05, 0.1) is 33.1 Å². The second kappa shape index (κ2) is 19.6. The summed E-state index contributed by atoms with van der Waals surface area (Å²) in [5.74, 6) is 0. The number of rotatable bonds is 8. The number of aromatic nitrogens is 2. The summed E-state index contributed by atoms with van der Waals surface area (Å²) in [6.07, 6.45) is 0. The van der Waals surface area contributed by atoms with Gasteiger partial charge in [0, 0.05) is 55.7 Å². The van der Waals surface area contributed by atoms with E-state index >= 15 is 0 Å². The Morgan fingerprint density at radius 2 is 0.489 bits per heavy atom. The van der Waals surface area contributed by atoms with Crippen LogP contribution in [-0.4, -0.2) is 24.9 Å². The summed E-state index contributed by atoms with van der Waals surface area (Å²) >= 11 is 0. The van der Waals surface area contributed by atoms with Gasteiger partial charge < -0.3 is 18.6 Å². The number of para-hydroxylation sites is 6. The summed E-state index contributed by atoms with van der Waals surface area (Å²) in [6.45, 7) is 0. The van der Waals surface area contributed by atoms with Gasteiger partial charge in [-0.2, -0.15) is 0 Å². The van der Waals surface area contributed by atoms with Gasteiger partial charge in [0.2, 0.25) is 0 Å². The second-order valence-electron chi connectivity index (χ2n) is 24.2. The average molecular weight is 1180 g/mol. The summed E-state index contributed by atoms with van der Waals surface area (Å²) in [6, 6.07) is 128. The van der Waals surface area contributed by atoms with E-state index in [0.717, 1.165) is 11.4 Å². The molecule has 0 saturated heterocycles. The minimum Gasteiger partial charge on any atom is -0.311 e. The monoisotopic (exact) mass is 1180 g/mol. The van der Waals surface area contributed by atoms with Crippen molar-refractivity contribution >= 4 is 146 Å². The van der Waals surface area contributed by atoms with Crippen LogP contribution in [0.4, 0.5) is 34.1 Å². The molecule has 0 unspecified atom stereocenters. The third-order valence-corrected chi connectivity index (χ3v) is 29.7. The molecule has 0 saturated carbocycles. The molecular weight excluding hydrogens is 1120 g/mol. The molecule has 0 fully saturated rings. The molecule has 19 rings (SSSR count). The first-order chi connectivity index (χ1) is 44.7. The smallest absolute Gasteiger partial charge is 0.184 e. The molecule has 0 aliphatic carbocycles. The van der Waals surface area contributed by atoms with Crippen molar-refractivity contribution in [3.8, 4) is 22.3 Å². The van der Waals surface area contributed by atoms with E-state index in [1.807, 2.05) is 0 Å². The SMILES string of the molecule is c1ccc([Si]2(c3ccccc3)c3ccccc3N(c3ccc(-c4ccc5c6c4c4ccccc4n6c4ccc(-c6ccc(N7c8ccccc8[Si](c8ccccc8)(c8ccccc8)c8ccccc87)cc6)c6c7ccccc7n5c64)cc3)c3ccccc32)cc1. The topological polar surface area (TPSA) is 15.3 Å². The van der Waals surface area contributed by atoms with E-state index in [2.05, 4.69) is 358 Å². The van der Waals surface area contributed by atoms with Crippen LogP contribution in [0.15, 0.2) is 340 Å². The lowest BCUT2D eigenvalue weighted by atomic mass is 9.97. The summed E-state index contributed by atoms with van der Waals surface area (Å²) in [4.78, 5) is 5.01. The predicted octanol–water partition coefficient (Wildman–Crippen LogP) is 15.9.